The van der Waals surface area contributed by atoms with Gasteiger partial charge < -0.3 is 10.1 Å². The molecule has 0 saturated heterocycles. The van der Waals surface area contributed by atoms with E-state index in [0.717, 1.165) is 16.9 Å². The van der Waals surface area contributed by atoms with Gasteiger partial charge in [0.2, 0.25) is 0 Å². The normalized spacial score (nSPS) is 15.5. The number of amidine groups is 1. The predicted molar refractivity (Wildman–Crippen MR) is 101 cm³/mol. The number of nitrogens with one attached hydrogen (secondary N) is 1. The van der Waals surface area contributed by atoms with E-state index in [9.17, 15) is 4.79 Å². The van der Waals surface area contributed by atoms with E-state index >= 15 is 0 Å². The lowest BCUT2D eigenvalue weighted by Crippen LogP contribution is -2.24. The monoisotopic (exact) mass is 354 g/mol. The van der Waals surface area contributed by atoms with Crippen LogP contribution in [0.15, 0.2) is 53.2 Å². The lowest BCUT2D eigenvalue weighted by molar-refractivity contribution is -0.115. The summed E-state index contributed by atoms with van der Waals surface area (Å²) in [5.41, 5.74) is 3.05. The highest BCUT2D eigenvalue weighted by Crippen LogP contribution is 2.28. The summed E-state index contributed by atoms with van der Waals surface area (Å²) in [5, 5.41) is 3.33. The fourth-order valence-electron chi connectivity index (χ4n) is 2.70. The minimum atomic E-state index is -0.239. The number of benzene rings is 2. The molecule has 0 aromatic heterocycles. The molecule has 25 heavy (non-hydrogen) atoms. The van der Waals surface area contributed by atoms with Crippen LogP contribution >= 0.6 is 11.6 Å². The third kappa shape index (κ3) is 3.59. The fourth-order valence-corrected chi connectivity index (χ4v) is 2.93. The number of hydrogen-bond donors (Lipinski definition) is 1. The molecule has 3 rings (SSSR count). The van der Waals surface area contributed by atoms with Gasteiger partial charge in [0.25, 0.3) is 5.91 Å². The van der Waals surface area contributed by atoms with E-state index in [1.165, 1.54) is 0 Å². The van der Waals surface area contributed by atoms with Gasteiger partial charge in [-0.15, -0.1) is 0 Å². The second kappa shape index (κ2) is 7.11. The molecule has 1 aliphatic rings. The molecule has 1 N–H and O–H groups in total. The lowest BCUT2D eigenvalue weighted by Gasteiger charge is -2.12. The summed E-state index contributed by atoms with van der Waals surface area (Å²) in [6, 6.07) is 13.1. The number of ether oxygens (including phenoxy) is 1. The molecule has 0 saturated carbocycles. The topological polar surface area (TPSA) is 50.7 Å². The minimum Gasteiger partial charge on any atom is -0.496 e. The zero-order valence-electron chi connectivity index (χ0n) is 14.3. The second-order valence-electron chi connectivity index (χ2n) is 6.08. The number of rotatable bonds is 4. The van der Waals surface area contributed by atoms with Crippen molar-refractivity contribution in [1.82, 2.24) is 5.32 Å². The first-order valence-corrected chi connectivity index (χ1v) is 8.42. The van der Waals surface area contributed by atoms with Crippen LogP contribution in [0, 0.1) is 0 Å². The summed E-state index contributed by atoms with van der Waals surface area (Å²) in [5.74, 6) is 1.39. The van der Waals surface area contributed by atoms with Crippen LogP contribution in [0.1, 0.15) is 36.5 Å². The van der Waals surface area contributed by atoms with Gasteiger partial charge in [0, 0.05) is 5.56 Å². The Morgan fingerprint density at radius 1 is 1.20 bits per heavy atom. The number of carbonyl (C=O) groups is 1. The lowest BCUT2D eigenvalue weighted by atomic mass is 9.99. The number of hydrogen-bond acceptors (Lipinski definition) is 3. The number of methoxy groups -OCH3 is 1. The molecular weight excluding hydrogens is 336 g/mol. The SMILES string of the molecule is COc1ccc(/C=C2/N=C(c3ccccc3Cl)NC2=O)cc1C(C)C. The van der Waals surface area contributed by atoms with E-state index in [2.05, 4.69) is 24.2 Å². The highest BCUT2D eigenvalue weighted by atomic mass is 35.5. The van der Waals surface area contributed by atoms with Crippen molar-refractivity contribution >= 4 is 29.4 Å². The highest BCUT2D eigenvalue weighted by molar-refractivity contribution is 6.35. The zero-order chi connectivity index (χ0) is 18.0. The van der Waals surface area contributed by atoms with Gasteiger partial charge >= 0.3 is 0 Å². The molecule has 1 aliphatic heterocycles. The molecule has 4 nitrogen and oxygen atoms in total. The number of amides is 1. The number of halogens is 1. The van der Waals surface area contributed by atoms with Crippen molar-refractivity contribution in [3.63, 3.8) is 0 Å². The van der Waals surface area contributed by atoms with Crippen LogP contribution in [0.4, 0.5) is 0 Å². The van der Waals surface area contributed by atoms with Crippen LogP contribution in [0.5, 0.6) is 5.75 Å². The van der Waals surface area contributed by atoms with Crippen molar-refractivity contribution in [2.75, 3.05) is 7.11 Å². The third-order valence-corrected chi connectivity index (χ3v) is 4.33. The Labute approximate surface area is 152 Å². The quantitative estimate of drug-likeness (QED) is 0.828. The summed E-state index contributed by atoms with van der Waals surface area (Å²) in [4.78, 5) is 16.7. The molecule has 1 amide bonds. The molecule has 0 unspecified atom stereocenters. The number of aliphatic imine (C=N–C) groups is 1. The first kappa shape index (κ1) is 17.2. The summed E-state index contributed by atoms with van der Waals surface area (Å²) >= 11 is 6.18. The Kier molecular flexibility index (Phi) is 4.91. The summed E-state index contributed by atoms with van der Waals surface area (Å²) < 4.78 is 5.40. The minimum absolute atomic E-state index is 0.239. The van der Waals surface area contributed by atoms with Crippen LogP contribution in [-0.2, 0) is 4.79 Å². The first-order valence-electron chi connectivity index (χ1n) is 8.04. The van der Waals surface area contributed by atoms with Gasteiger partial charge in [-0.2, -0.15) is 0 Å². The van der Waals surface area contributed by atoms with Crippen LogP contribution in [0.2, 0.25) is 5.02 Å². The second-order valence-corrected chi connectivity index (χ2v) is 6.49. The fraction of sp³-hybridized carbons (Fsp3) is 0.200. The molecular formula is C20H19ClN2O2. The Bertz CT molecular complexity index is 885. The van der Waals surface area contributed by atoms with Gasteiger partial charge in [0.15, 0.2) is 0 Å². The van der Waals surface area contributed by atoms with Gasteiger partial charge in [-0.25, -0.2) is 4.99 Å². The third-order valence-electron chi connectivity index (χ3n) is 4.00. The van der Waals surface area contributed by atoms with E-state index in [-0.39, 0.29) is 5.91 Å². The summed E-state index contributed by atoms with van der Waals surface area (Å²) in [6.07, 6.45) is 1.77. The summed E-state index contributed by atoms with van der Waals surface area (Å²) in [6.45, 7) is 4.20. The Hall–Kier alpha value is -2.59. The largest absolute Gasteiger partial charge is 0.496 e. The molecule has 2 aromatic rings. The molecule has 0 aliphatic carbocycles. The van der Waals surface area contributed by atoms with Crippen molar-refractivity contribution in [3.05, 3.63) is 69.9 Å². The van der Waals surface area contributed by atoms with Gasteiger partial charge in [0.1, 0.15) is 17.3 Å². The van der Waals surface area contributed by atoms with E-state index in [4.69, 9.17) is 16.3 Å². The number of nitrogens with zero attached hydrogens (tertiary/aromatic N) is 1. The predicted octanol–water partition coefficient (Wildman–Crippen LogP) is 4.39. The molecule has 2 aromatic carbocycles. The zero-order valence-corrected chi connectivity index (χ0v) is 15.1. The Morgan fingerprint density at radius 3 is 2.64 bits per heavy atom. The van der Waals surface area contributed by atoms with Crippen LogP contribution in [0.3, 0.4) is 0 Å². The maximum Gasteiger partial charge on any atom is 0.275 e. The van der Waals surface area contributed by atoms with E-state index in [1.807, 2.05) is 36.4 Å². The average molecular weight is 355 g/mol. The average Bonchev–Trinajstić information content (AvgIpc) is 2.95. The molecule has 0 bridgehead atoms. The maximum atomic E-state index is 12.3. The van der Waals surface area contributed by atoms with Gasteiger partial charge in [-0.3, -0.25) is 4.79 Å². The first-order chi connectivity index (χ1) is 12.0. The van der Waals surface area contributed by atoms with Crippen LogP contribution in [-0.4, -0.2) is 18.9 Å². The highest BCUT2D eigenvalue weighted by Gasteiger charge is 2.22. The smallest absolute Gasteiger partial charge is 0.275 e. The van der Waals surface area contributed by atoms with Crippen molar-refractivity contribution in [2.24, 2.45) is 4.99 Å². The van der Waals surface area contributed by atoms with Crippen molar-refractivity contribution in [1.29, 1.82) is 0 Å². The van der Waals surface area contributed by atoms with Crippen LogP contribution < -0.4 is 10.1 Å². The number of carbonyl (C=O) groups excluding carboxylic acids is 1. The van der Waals surface area contributed by atoms with E-state index in [0.29, 0.717) is 28.0 Å². The molecule has 0 atom stereocenters. The van der Waals surface area contributed by atoms with E-state index in [1.54, 1.807) is 19.3 Å². The van der Waals surface area contributed by atoms with Gasteiger partial charge in [0.05, 0.1) is 12.1 Å². The maximum absolute atomic E-state index is 12.3. The standard InChI is InChI=1S/C20H19ClN2O2/c1-12(2)15-10-13(8-9-18(15)25-3)11-17-20(24)23-19(22-17)14-6-4-5-7-16(14)21/h4-12H,1-3H3,(H,22,23,24)/b17-11+. The van der Waals surface area contributed by atoms with Crippen molar-refractivity contribution < 1.29 is 9.53 Å². The van der Waals surface area contributed by atoms with Gasteiger partial charge in [-0.1, -0.05) is 43.6 Å². The van der Waals surface area contributed by atoms with Crippen molar-refractivity contribution in [2.45, 2.75) is 19.8 Å². The molecule has 0 fully saturated rings. The molecule has 0 spiro atoms. The van der Waals surface area contributed by atoms with Crippen molar-refractivity contribution in [3.8, 4) is 5.75 Å². The Morgan fingerprint density at radius 2 is 1.96 bits per heavy atom. The Balaban J connectivity index is 1.97. The van der Waals surface area contributed by atoms with Crippen LogP contribution in [0.25, 0.3) is 6.08 Å². The molecule has 0 radical (unpaired) electrons. The molecule has 5 heteroatoms. The molecule has 1 heterocycles. The van der Waals surface area contributed by atoms with Gasteiger partial charge in [-0.05, 0) is 47.4 Å². The summed E-state index contributed by atoms with van der Waals surface area (Å²) in [7, 11) is 1.66. The molecule has 128 valence electrons. The van der Waals surface area contributed by atoms with E-state index < -0.39 is 0 Å².